The van der Waals surface area contributed by atoms with E-state index in [1.165, 1.54) is 5.00 Å². The molecule has 0 radical (unpaired) electrons. The van der Waals surface area contributed by atoms with Crippen LogP contribution in [0.15, 0.2) is 0 Å². The SMILES string of the molecule is N#[C][Co-2].[Li+].[Li+]. The summed E-state index contributed by atoms with van der Waals surface area (Å²) in [6, 6.07) is 0. The molecule has 0 atom stereocenters. The minimum atomic E-state index is 0. The Morgan fingerprint density at radius 3 is 1.40 bits per heavy atom. The quantitative estimate of drug-likeness (QED) is 0.277. The van der Waals surface area contributed by atoms with Crippen molar-refractivity contribution in [1.29, 1.82) is 5.26 Å². The number of nitriles is 1. The molecule has 0 aromatic heterocycles. The van der Waals surface area contributed by atoms with E-state index in [1.807, 2.05) is 0 Å². The number of hydrogen-bond donors (Lipinski definition) is 0. The molecule has 0 aliphatic carbocycles. The summed E-state index contributed by atoms with van der Waals surface area (Å²) < 4.78 is 0. The second kappa shape index (κ2) is 19.0. The van der Waals surface area contributed by atoms with Crippen LogP contribution >= 0.6 is 0 Å². The van der Waals surface area contributed by atoms with Crippen molar-refractivity contribution >= 4 is 0 Å². The zero-order valence-electron chi connectivity index (χ0n) is 3.28. The molecule has 0 spiro atoms. The molecule has 0 N–H and O–H groups in total. The first-order chi connectivity index (χ1) is 1.41. The zero-order valence-corrected chi connectivity index (χ0v) is 4.32. The van der Waals surface area contributed by atoms with Gasteiger partial charge in [0.25, 0.3) is 0 Å². The van der Waals surface area contributed by atoms with Gasteiger partial charge in [-0.15, -0.1) is 0 Å². The molecule has 0 amide bonds. The van der Waals surface area contributed by atoms with Crippen LogP contribution in [-0.4, -0.2) is 0 Å². The van der Waals surface area contributed by atoms with Gasteiger partial charge in [-0.1, -0.05) is 0 Å². The Hall–Kier alpha value is 1.19. The van der Waals surface area contributed by atoms with Crippen molar-refractivity contribution in [3.05, 3.63) is 0 Å². The van der Waals surface area contributed by atoms with Gasteiger partial charge in [0.1, 0.15) is 0 Å². The van der Waals surface area contributed by atoms with Crippen molar-refractivity contribution in [2.75, 3.05) is 0 Å². The van der Waals surface area contributed by atoms with E-state index in [9.17, 15) is 0 Å². The summed E-state index contributed by atoms with van der Waals surface area (Å²) in [6.45, 7) is 0. The minimum absolute atomic E-state index is 0. The smallest absolute Gasteiger partial charge is 1.00 e. The summed E-state index contributed by atoms with van der Waals surface area (Å²) in [5.41, 5.74) is 0. The minimum Gasteiger partial charge on any atom is 1.00 e. The molecule has 0 aromatic carbocycles. The van der Waals surface area contributed by atoms with Crippen molar-refractivity contribution in [3.8, 4) is 5.00 Å². The molecule has 0 fully saturated rings. The molecule has 0 aliphatic rings. The molecule has 0 saturated carbocycles. The van der Waals surface area contributed by atoms with Gasteiger partial charge in [0.15, 0.2) is 0 Å². The molecule has 0 rings (SSSR count). The average molecular weight is 98.8 g/mol. The van der Waals surface area contributed by atoms with Crippen LogP contribution in [0.4, 0.5) is 0 Å². The Labute approximate surface area is 63.4 Å². The first kappa shape index (κ1) is 16.4. The van der Waals surface area contributed by atoms with Crippen molar-refractivity contribution in [1.82, 2.24) is 0 Å². The molecule has 1 nitrogen and oxygen atoms in total. The summed E-state index contributed by atoms with van der Waals surface area (Å²) in [5, 5.41) is 8.62. The van der Waals surface area contributed by atoms with Crippen LogP contribution < -0.4 is 37.7 Å². The van der Waals surface area contributed by atoms with E-state index in [-0.39, 0.29) is 37.7 Å². The predicted octanol–water partition coefficient (Wildman–Crippen LogP) is -5.98. The summed E-state index contributed by atoms with van der Waals surface area (Å²) in [5.74, 6) is 0. The standard InChI is InChI=1S/CN.Co.2Li/c1-2;;;/q;-2;2*+1. The number of rotatable bonds is 0. The fraction of sp³-hybridized carbons (Fsp3) is 0. The Kier molecular flexibility index (Phi) is 62.2. The third kappa shape index (κ3) is 37.3. The van der Waals surface area contributed by atoms with Crippen molar-refractivity contribution in [2.24, 2.45) is 0 Å². The monoisotopic (exact) mass is 99.0 g/mol. The maximum absolute atomic E-state index is 7.18. The van der Waals surface area contributed by atoms with E-state index in [1.54, 1.807) is 0 Å². The Bertz CT molecular complexity index is 31.1. The third-order valence-corrected chi connectivity index (χ3v) is 0. The van der Waals surface area contributed by atoms with Gasteiger partial charge in [-0.2, -0.15) is 0 Å². The molecular formula is CCoLi2N. The van der Waals surface area contributed by atoms with Crippen molar-refractivity contribution < 1.29 is 53.5 Å². The average Bonchev–Trinajstić information content (AvgIpc) is 0.918. The summed E-state index contributed by atoms with van der Waals surface area (Å²) in [6.07, 6.45) is 0. The van der Waals surface area contributed by atoms with Crippen molar-refractivity contribution in [3.63, 3.8) is 0 Å². The first-order valence-electron chi connectivity index (χ1n) is 0.390. The van der Waals surface area contributed by atoms with Gasteiger partial charge in [0, 0.05) is 0 Å². The maximum Gasteiger partial charge on any atom is 1.00 e. The van der Waals surface area contributed by atoms with Gasteiger partial charge < -0.3 is 0 Å². The van der Waals surface area contributed by atoms with Gasteiger partial charge in [-0.05, 0) is 0 Å². The van der Waals surface area contributed by atoms with Crippen LogP contribution in [0.2, 0.25) is 0 Å². The fourth-order valence-corrected chi connectivity index (χ4v) is 0. The van der Waals surface area contributed by atoms with E-state index < -0.39 is 0 Å². The van der Waals surface area contributed by atoms with Crippen molar-refractivity contribution in [2.45, 2.75) is 0 Å². The fourth-order valence-electron chi connectivity index (χ4n) is 0. The summed E-state index contributed by atoms with van der Waals surface area (Å²) in [7, 11) is 0. The maximum atomic E-state index is 7.18. The number of nitrogens with zero attached hydrogens (tertiary/aromatic N) is 1. The molecular weight excluding hydrogens is 98.8 g/mol. The molecule has 0 bridgehead atoms. The van der Waals surface area contributed by atoms with Crippen LogP contribution in [0.3, 0.4) is 0 Å². The van der Waals surface area contributed by atoms with E-state index in [0.717, 1.165) is 0 Å². The van der Waals surface area contributed by atoms with Gasteiger partial charge in [0.2, 0.25) is 0 Å². The topological polar surface area (TPSA) is 23.8 Å². The van der Waals surface area contributed by atoms with E-state index in [0.29, 0.717) is 0 Å². The Morgan fingerprint density at radius 1 is 1.40 bits per heavy atom. The van der Waals surface area contributed by atoms with Crippen LogP contribution in [0, 0.1) is 10.3 Å². The second-order valence-electron chi connectivity index (χ2n) is 0.0745. The van der Waals surface area contributed by atoms with Crippen LogP contribution in [0.5, 0.6) is 0 Å². The van der Waals surface area contributed by atoms with E-state index >= 15 is 0 Å². The molecule has 0 unspecified atom stereocenters. The molecule has 20 valence electrons. The normalized spacial score (nSPS) is 1.80. The van der Waals surface area contributed by atoms with E-state index in [4.69, 9.17) is 5.26 Å². The zero-order chi connectivity index (χ0) is 2.71. The van der Waals surface area contributed by atoms with Gasteiger partial charge >= 0.3 is 63.7 Å². The molecule has 0 saturated heterocycles. The molecule has 0 aliphatic heterocycles. The van der Waals surface area contributed by atoms with Gasteiger partial charge in [-0.25, -0.2) is 0 Å². The molecule has 4 heteroatoms. The van der Waals surface area contributed by atoms with Crippen LogP contribution in [0.1, 0.15) is 0 Å². The first-order valence-corrected chi connectivity index (χ1v) is 0.911. The number of hydrogen-bond acceptors (Lipinski definition) is 1. The third-order valence-electron chi connectivity index (χ3n) is 0. The van der Waals surface area contributed by atoms with E-state index in [2.05, 4.69) is 15.7 Å². The summed E-state index contributed by atoms with van der Waals surface area (Å²) in [4.78, 5) is 0. The van der Waals surface area contributed by atoms with Gasteiger partial charge in [-0.3, -0.25) is 0 Å². The Balaban J connectivity index is -0.0000000200. The van der Waals surface area contributed by atoms with Crippen LogP contribution in [0.25, 0.3) is 0 Å². The predicted molar refractivity (Wildman–Crippen MR) is 5.61 cm³/mol. The molecule has 0 aromatic rings. The Morgan fingerprint density at radius 2 is 1.40 bits per heavy atom. The van der Waals surface area contributed by atoms with Crippen LogP contribution in [-0.2, 0) is 15.7 Å². The molecule has 0 heterocycles. The summed E-state index contributed by atoms with van der Waals surface area (Å²) >= 11 is 3.13. The van der Waals surface area contributed by atoms with Gasteiger partial charge in [0.05, 0.1) is 0 Å². The second-order valence-corrected chi connectivity index (χ2v) is 0.307. The largest absolute Gasteiger partial charge is 1.00 e. The molecule has 5 heavy (non-hydrogen) atoms.